The van der Waals surface area contributed by atoms with Gasteiger partial charge in [0.15, 0.2) is 11.5 Å². The Morgan fingerprint density at radius 1 is 1.00 bits per heavy atom. The summed E-state index contributed by atoms with van der Waals surface area (Å²) in [6.07, 6.45) is 0.250. The van der Waals surface area contributed by atoms with Gasteiger partial charge in [-0.1, -0.05) is 11.8 Å². The number of anilines is 1. The molecule has 12 nitrogen and oxygen atoms in total. The molecule has 204 valence electrons. The summed E-state index contributed by atoms with van der Waals surface area (Å²) in [4.78, 5) is 24.3. The van der Waals surface area contributed by atoms with Gasteiger partial charge in [0, 0.05) is 18.7 Å². The standard InChI is InChI=1S/C25H26N6O6S2/c1-3-37-25(33)17-4-6-18(7-5-17)27-23(32)16-38-24-13-12-21-28-29-22(31(21)30-24)14-15-26-39(34,35)20-10-8-19(36-2)9-11-20/h4-13,26H,3,14-16H2,1-2H3,(H,27,32). The van der Waals surface area contributed by atoms with Crippen LogP contribution < -0.4 is 14.8 Å². The monoisotopic (exact) mass is 570 g/mol. The zero-order chi connectivity index (χ0) is 27.8. The molecule has 0 saturated heterocycles. The SMILES string of the molecule is CCOC(=O)c1ccc(NC(=O)CSc2ccc3nnc(CCNS(=O)(=O)c4ccc(OC)cc4)n3n2)cc1. The topological polar surface area (TPSA) is 154 Å². The lowest BCUT2D eigenvalue weighted by molar-refractivity contribution is -0.113. The molecule has 4 rings (SSSR count). The third-order valence-electron chi connectivity index (χ3n) is 5.34. The molecule has 0 aliphatic carbocycles. The van der Waals surface area contributed by atoms with Crippen molar-refractivity contribution < 1.29 is 27.5 Å². The van der Waals surface area contributed by atoms with Crippen molar-refractivity contribution in [3.63, 3.8) is 0 Å². The van der Waals surface area contributed by atoms with E-state index in [1.54, 1.807) is 55.5 Å². The van der Waals surface area contributed by atoms with Crippen LogP contribution in [0, 0.1) is 0 Å². The molecule has 0 bridgehead atoms. The first-order chi connectivity index (χ1) is 18.8. The highest BCUT2D eigenvalue weighted by molar-refractivity contribution is 7.99. The number of rotatable bonds is 12. The average Bonchev–Trinajstić information content (AvgIpc) is 3.34. The van der Waals surface area contributed by atoms with E-state index >= 15 is 0 Å². The molecule has 0 atom stereocenters. The molecule has 4 aromatic rings. The summed E-state index contributed by atoms with van der Waals surface area (Å²) in [5.41, 5.74) is 1.45. The number of hydrogen-bond donors (Lipinski definition) is 2. The summed E-state index contributed by atoms with van der Waals surface area (Å²) in [5.74, 6) is 0.456. The van der Waals surface area contributed by atoms with Gasteiger partial charge in [-0.3, -0.25) is 4.79 Å². The number of fused-ring (bicyclic) bond motifs is 1. The number of nitrogens with zero attached hydrogens (tertiary/aromatic N) is 4. The van der Waals surface area contributed by atoms with Gasteiger partial charge in [0.25, 0.3) is 0 Å². The number of carbonyl (C=O) groups is 2. The van der Waals surface area contributed by atoms with Crippen LogP contribution in [0.4, 0.5) is 5.69 Å². The summed E-state index contributed by atoms with van der Waals surface area (Å²) in [5, 5.41) is 16.0. The van der Waals surface area contributed by atoms with E-state index in [0.29, 0.717) is 33.5 Å². The number of methoxy groups -OCH3 is 1. The van der Waals surface area contributed by atoms with E-state index in [0.717, 1.165) is 0 Å². The second-order valence-electron chi connectivity index (χ2n) is 8.02. The fourth-order valence-electron chi connectivity index (χ4n) is 3.43. The molecule has 0 aliphatic rings. The van der Waals surface area contributed by atoms with E-state index < -0.39 is 16.0 Å². The molecule has 2 N–H and O–H groups in total. The van der Waals surface area contributed by atoms with E-state index in [-0.39, 0.29) is 36.1 Å². The van der Waals surface area contributed by atoms with Gasteiger partial charge in [0.2, 0.25) is 15.9 Å². The van der Waals surface area contributed by atoms with Crippen molar-refractivity contribution in [2.45, 2.75) is 23.3 Å². The summed E-state index contributed by atoms with van der Waals surface area (Å²) in [6.45, 7) is 2.11. The Labute approximate surface area is 229 Å². The molecule has 39 heavy (non-hydrogen) atoms. The molecule has 0 fully saturated rings. The van der Waals surface area contributed by atoms with E-state index in [2.05, 4.69) is 25.3 Å². The molecule has 0 aliphatic heterocycles. The molecule has 1 amide bonds. The molecule has 0 radical (unpaired) electrons. The smallest absolute Gasteiger partial charge is 0.338 e. The van der Waals surface area contributed by atoms with Crippen LogP contribution >= 0.6 is 11.8 Å². The number of ether oxygens (including phenoxy) is 2. The van der Waals surface area contributed by atoms with Gasteiger partial charge in [0.1, 0.15) is 10.8 Å². The van der Waals surface area contributed by atoms with E-state index in [9.17, 15) is 18.0 Å². The van der Waals surface area contributed by atoms with Crippen molar-refractivity contribution in [1.29, 1.82) is 0 Å². The van der Waals surface area contributed by atoms with Gasteiger partial charge in [-0.15, -0.1) is 10.2 Å². The van der Waals surface area contributed by atoms with Crippen LogP contribution in [0.3, 0.4) is 0 Å². The Kier molecular flexibility index (Phi) is 9.11. The number of sulfonamides is 1. The van der Waals surface area contributed by atoms with Crippen molar-refractivity contribution in [3.8, 4) is 5.75 Å². The quantitative estimate of drug-likeness (QED) is 0.192. The normalized spacial score (nSPS) is 11.3. The largest absolute Gasteiger partial charge is 0.497 e. The first kappa shape index (κ1) is 28.0. The highest BCUT2D eigenvalue weighted by Crippen LogP contribution is 2.18. The maximum atomic E-state index is 12.6. The first-order valence-corrected chi connectivity index (χ1v) is 14.3. The van der Waals surface area contributed by atoms with Crippen LogP contribution in [0.2, 0.25) is 0 Å². The Bertz CT molecular complexity index is 1560. The van der Waals surface area contributed by atoms with Crippen LogP contribution in [-0.4, -0.2) is 66.1 Å². The number of hydrogen-bond acceptors (Lipinski definition) is 10. The Morgan fingerprint density at radius 2 is 1.74 bits per heavy atom. The van der Waals surface area contributed by atoms with Crippen LogP contribution in [0.25, 0.3) is 5.65 Å². The van der Waals surface area contributed by atoms with Crippen molar-refractivity contribution in [1.82, 2.24) is 24.5 Å². The van der Waals surface area contributed by atoms with Gasteiger partial charge in [0.05, 0.1) is 29.9 Å². The lowest BCUT2D eigenvalue weighted by atomic mass is 10.2. The number of amides is 1. The zero-order valence-corrected chi connectivity index (χ0v) is 22.8. The highest BCUT2D eigenvalue weighted by atomic mass is 32.2. The van der Waals surface area contributed by atoms with Crippen LogP contribution in [0.5, 0.6) is 5.75 Å². The fourth-order valence-corrected chi connectivity index (χ4v) is 5.11. The Morgan fingerprint density at radius 3 is 2.44 bits per heavy atom. The Balaban J connectivity index is 1.32. The molecule has 0 unspecified atom stereocenters. The van der Waals surface area contributed by atoms with Crippen molar-refractivity contribution >= 4 is 45.0 Å². The summed E-state index contributed by atoms with van der Waals surface area (Å²) >= 11 is 1.22. The zero-order valence-electron chi connectivity index (χ0n) is 21.2. The molecule has 2 heterocycles. The fraction of sp³-hybridized carbons (Fsp3) is 0.240. The number of carbonyl (C=O) groups excluding carboxylic acids is 2. The molecular weight excluding hydrogens is 544 g/mol. The third kappa shape index (κ3) is 7.31. The summed E-state index contributed by atoms with van der Waals surface area (Å²) < 4.78 is 39.2. The van der Waals surface area contributed by atoms with Crippen molar-refractivity contribution in [2.75, 3.05) is 31.3 Å². The van der Waals surface area contributed by atoms with Gasteiger partial charge >= 0.3 is 5.97 Å². The van der Waals surface area contributed by atoms with E-state index in [1.807, 2.05) is 0 Å². The number of benzene rings is 2. The second kappa shape index (κ2) is 12.7. The predicted molar refractivity (Wildman–Crippen MR) is 144 cm³/mol. The van der Waals surface area contributed by atoms with Crippen molar-refractivity contribution in [2.24, 2.45) is 0 Å². The summed E-state index contributed by atoms with van der Waals surface area (Å²) in [6, 6.07) is 16.0. The van der Waals surface area contributed by atoms with Gasteiger partial charge in [-0.2, -0.15) is 9.61 Å². The first-order valence-electron chi connectivity index (χ1n) is 11.8. The van der Waals surface area contributed by atoms with Gasteiger partial charge in [-0.05, 0) is 67.6 Å². The average molecular weight is 571 g/mol. The van der Waals surface area contributed by atoms with Crippen molar-refractivity contribution in [3.05, 3.63) is 72.1 Å². The minimum absolute atomic E-state index is 0.0889. The lowest BCUT2D eigenvalue weighted by Gasteiger charge is -2.08. The van der Waals surface area contributed by atoms with E-state index in [1.165, 1.54) is 35.5 Å². The Hall–Kier alpha value is -4.01. The van der Waals surface area contributed by atoms with Crippen LogP contribution in [0.15, 0.2) is 70.6 Å². The number of esters is 1. The van der Waals surface area contributed by atoms with Gasteiger partial charge in [-0.25, -0.2) is 17.9 Å². The number of aromatic nitrogens is 4. The minimum Gasteiger partial charge on any atom is -0.497 e. The van der Waals surface area contributed by atoms with Crippen LogP contribution in [0.1, 0.15) is 23.1 Å². The van der Waals surface area contributed by atoms with E-state index in [4.69, 9.17) is 9.47 Å². The van der Waals surface area contributed by atoms with Gasteiger partial charge < -0.3 is 14.8 Å². The minimum atomic E-state index is -3.71. The molecule has 0 spiro atoms. The maximum Gasteiger partial charge on any atom is 0.338 e. The molecule has 14 heteroatoms. The molecule has 2 aromatic carbocycles. The lowest BCUT2D eigenvalue weighted by Crippen LogP contribution is -2.26. The van der Waals surface area contributed by atoms with Crippen LogP contribution in [-0.2, 0) is 26.0 Å². The molecule has 0 saturated carbocycles. The second-order valence-corrected chi connectivity index (χ2v) is 10.8. The number of nitrogens with one attached hydrogen (secondary N) is 2. The third-order valence-corrected chi connectivity index (χ3v) is 7.74. The molecular formula is C25H26N6O6S2. The molecule has 2 aromatic heterocycles. The summed E-state index contributed by atoms with van der Waals surface area (Å²) in [7, 11) is -2.20. The number of thioether (sulfide) groups is 1. The predicted octanol–water partition coefficient (Wildman–Crippen LogP) is 2.56. The highest BCUT2D eigenvalue weighted by Gasteiger charge is 2.15. The maximum absolute atomic E-state index is 12.6.